The number of hydrogen-bond donors (Lipinski definition) is 0. The standard InChI is InChI=1S/C12H8Br2F9O2S/c1-2-3-9(14)7(15)5(13)4-6(8(9)16)26(24,25)12(22,23)10(17,18)11(19,20)21/h4H,2-3H2,1H3. The van der Waals surface area contributed by atoms with Gasteiger partial charge in [-0.05, 0) is 12.5 Å². The zero-order valence-electron chi connectivity index (χ0n) is 12.4. The minimum atomic E-state index is -7.02. The summed E-state index contributed by atoms with van der Waals surface area (Å²) >= 11 is 4.90. The molecule has 1 atom stereocenters. The van der Waals surface area contributed by atoms with Crippen LogP contribution >= 0.6 is 31.9 Å². The van der Waals surface area contributed by atoms with Crippen LogP contribution in [-0.2, 0) is 9.84 Å². The summed E-state index contributed by atoms with van der Waals surface area (Å²) in [6, 6.07) is 0. The normalized spacial score (nSPS) is 24.1. The Morgan fingerprint density at radius 3 is 1.92 bits per heavy atom. The number of sulfone groups is 1. The third kappa shape index (κ3) is 3.33. The maximum Gasteiger partial charge on any atom is 0.461 e. The molecule has 1 rings (SSSR count). The van der Waals surface area contributed by atoms with Crippen LogP contribution in [-0.4, -0.2) is 30.1 Å². The van der Waals surface area contributed by atoms with Crippen molar-refractivity contribution in [3.63, 3.8) is 0 Å². The molecule has 0 N–H and O–H groups in total. The molecule has 0 bridgehead atoms. The quantitative estimate of drug-likeness (QED) is 0.308. The van der Waals surface area contributed by atoms with Crippen molar-refractivity contribution < 1.29 is 47.9 Å². The molecule has 151 valence electrons. The van der Waals surface area contributed by atoms with E-state index in [-0.39, 0.29) is 12.5 Å². The largest absolute Gasteiger partial charge is 0.461 e. The Hall–Kier alpha value is -0.240. The first-order chi connectivity index (χ1) is 11.4. The van der Waals surface area contributed by atoms with E-state index in [1.807, 2.05) is 0 Å². The molecule has 0 saturated heterocycles. The predicted octanol–water partition coefficient (Wildman–Crippen LogP) is 6.10. The average molecular weight is 547 g/mol. The molecule has 26 heavy (non-hydrogen) atoms. The lowest BCUT2D eigenvalue weighted by atomic mass is 9.92. The fraction of sp³-hybridized carbons (Fsp3) is 0.583. The van der Waals surface area contributed by atoms with Crippen LogP contribution in [0.15, 0.2) is 21.3 Å². The van der Waals surface area contributed by atoms with Crippen molar-refractivity contribution in [2.45, 2.75) is 41.4 Å². The van der Waals surface area contributed by atoms with Gasteiger partial charge in [-0.2, -0.15) is 30.7 Å². The van der Waals surface area contributed by atoms with Crippen LogP contribution in [0, 0.1) is 6.17 Å². The Labute approximate surface area is 158 Å². The van der Waals surface area contributed by atoms with Crippen molar-refractivity contribution in [2.75, 3.05) is 0 Å². The molecule has 1 unspecified atom stereocenters. The van der Waals surface area contributed by atoms with Crippen molar-refractivity contribution in [2.24, 2.45) is 0 Å². The third-order valence-corrected chi connectivity index (χ3v) is 6.80. The zero-order chi connectivity index (χ0) is 20.9. The van der Waals surface area contributed by atoms with Crippen molar-refractivity contribution in [3.05, 3.63) is 27.5 Å². The van der Waals surface area contributed by atoms with Crippen LogP contribution < -0.4 is 0 Å². The second kappa shape index (κ2) is 6.98. The summed E-state index contributed by atoms with van der Waals surface area (Å²) in [7, 11) is -6.91. The number of allylic oxidation sites excluding steroid dienone is 3. The summed E-state index contributed by atoms with van der Waals surface area (Å²) in [4.78, 5) is -2.19. The molecule has 0 heterocycles. The van der Waals surface area contributed by atoms with Crippen LogP contribution in [0.25, 0.3) is 0 Å². The van der Waals surface area contributed by atoms with Crippen molar-refractivity contribution in [1.29, 1.82) is 0 Å². The van der Waals surface area contributed by atoms with Gasteiger partial charge < -0.3 is 0 Å². The average Bonchev–Trinajstić information content (AvgIpc) is 2.47. The molecule has 0 aromatic heterocycles. The molecule has 1 aliphatic rings. The van der Waals surface area contributed by atoms with Gasteiger partial charge in [0.05, 0.1) is 0 Å². The Bertz CT molecular complexity index is 742. The smallest absolute Gasteiger partial charge is 0.232 e. The Kier molecular flexibility index (Phi) is 6.39. The van der Waals surface area contributed by atoms with Gasteiger partial charge >= 0.3 is 17.4 Å². The molecule has 0 saturated carbocycles. The number of halogens is 11. The minimum Gasteiger partial charge on any atom is -0.232 e. The maximum atomic E-state index is 14.5. The molecule has 0 spiro atoms. The van der Waals surface area contributed by atoms with Crippen molar-refractivity contribution in [3.8, 4) is 0 Å². The highest BCUT2D eigenvalue weighted by atomic mass is 79.9. The van der Waals surface area contributed by atoms with Crippen LogP contribution in [0.3, 0.4) is 0 Å². The Balaban J connectivity index is 3.74. The van der Waals surface area contributed by atoms with E-state index in [0.717, 1.165) is 0 Å². The fourth-order valence-corrected chi connectivity index (χ4v) is 5.31. The van der Waals surface area contributed by atoms with E-state index in [9.17, 15) is 47.9 Å². The summed E-state index contributed by atoms with van der Waals surface area (Å²) in [5.41, 5.74) is 0. The highest BCUT2D eigenvalue weighted by Gasteiger charge is 2.79. The SMILES string of the molecule is CCCC1(Br)[C](F)C(Br)=CC(S(=O)(=O)C(F)(F)C(F)(F)C(F)(F)F)=C1F. The first-order valence-electron chi connectivity index (χ1n) is 6.46. The van der Waals surface area contributed by atoms with Gasteiger partial charge in [-0.15, -0.1) is 0 Å². The summed E-state index contributed by atoms with van der Waals surface area (Å²) in [6.07, 6.45) is -9.05. The summed E-state index contributed by atoms with van der Waals surface area (Å²) in [6.45, 7) is 1.37. The highest BCUT2D eigenvalue weighted by Crippen LogP contribution is 2.56. The van der Waals surface area contributed by atoms with Crippen molar-refractivity contribution >= 4 is 41.7 Å². The van der Waals surface area contributed by atoms with Crippen molar-refractivity contribution in [1.82, 2.24) is 0 Å². The number of alkyl halides is 8. The lowest BCUT2D eigenvalue weighted by molar-refractivity contribution is -0.331. The summed E-state index contributed by atoms with van der Waals surface area (Å²) < 4.78 is 139. The monoisotopic (exact) mass is 545 g/mol. The van der Waals surface area contributed by atoms with E-state index in [1.165, 1.54) is 6.92 Å². The van der Waals surface area contributed by atoms with Gasteiger partial charge in [0.15, 0.2) is 0 Å². The molecule has 2 nitrogen and oxygen atoms in total. The topological polar surface area (TPSA) is 34.1 Å². The van der Waals surface area contributed by atoms with Gasteiger partial charge in [-0.1, -0.05) is 45.2 Å². The Morgan fingerprint density at radius 1 is 1.08 bits per heavy atom. The highest BCUT2D eigenvalue weighted by molar-refractivity contribution is 9.12. The second-order valence-corrected chi connectivity index (χ2v) is 9.30. The van der Waals surface area contributed by atoms with Crippen LogP contribution in [0.4, 0.5) is 39.5 Å². The number of hydrogen-bond acceptors (Lipinski definition) is 2. The first kappa shape index (κ1) is 23.8. The molecule has 0 fully saturated rings. The van der Waals surface area contributed by atoms with E-state index >= 15 is 0 Å². The summed E-state index contributed by atoms with van der Waals surface area (Å²) in [5.74, 6) is -9.19. The lowest BCUT2D eigenvalue weighted by Gasteiger charge is -2.34. The fourth-order valence-electron chi connectivity index (χ4n) is 1.95. The third-order valence-electron chi connectivity index (χ3n) is 3.32. The van der Waals surface area contributed by atoms with E-state index in [2.05, 4.69) is 31.9 Å². The van der Waals surface area contributed by atoms with Gasteiger partial charge in [-0.3, -0.25) is 0 Å². The summed E-state index contributed by atoms with van der Waals surface area (Å²) in [5, 5.41) is -6.75. The number of rotatable bonds is 5. The molecule has 14 heteroatoms. The minimum absolute atomic E-state index is 0.0329. The van der Waals surface area contributed by atoms with E-state index < -0.39 is 59.3 Å². The maximum absolute atomic E-state index is 14.5. The zero-order valence-corrected chi connectivity index (χ0v) is 16.4. The van der Waals surface area contributed by atoms with E-state index in [4.69, 9.17) is 0 Å². The van der Waals surface area contributed by atoms with E-state index in [1.54, 1.807) is 0 Å². The van der Waals surface area contributed by atoms with Crippen LogP contribution in [0.2, 0.25) is 0 Å². The van der Waals surface area contributed by atoms with Gasteiger partial charge in [-0.25, -0.2) is 17.2 Å². The lowest BCUT2D eigenvalue weighted by Crippen LogP contribution is -2.56. The van der Waals surface area contributed by atoms with E-state index in [0.29, 0.717) is 0 Å². The van der Waals surface area contributed by atoms with Gasteiger partial charge in [0.2, 0.25) is 6.17 Å². The molecule has 1 radical (unpaired) electrons. The predicted molar refractivity (Wildman–Crippen MR) is 80.9 cm³/mol. The van der Waals surface area contributed by atoms with Gasteiger partial charge in [0, 0.05) is 4.48 Å². The molecular weight excluding hydrogens is 539 g/mol. The molecule has 0 aromatic carbocycles. The van der Waals surface area contributed by atoms with Crippen LogP contribution in [0.5, 0.6) is 0 Å². The Morgan fingerprint density at radius 2 is 1.54 bits per heavy atom. The second-order valence-electron chi connectivity index (χ2n) is 5.13. The van der Waals surface area contributed by atoms with Gasteiger partial charge in [0.1, 0.15) is 15.1 Å². The molecular formula is C12H8Br2F9O2S. The molecule has 0 aromatic rings. The van der Waals surface area contributed by atoms with Crippen LogP contribution in [0.1, 0.15) is 19.8 Å². The first-order valence-corrected chi connectivity index (χ1v) is 9.53. The molecule has 0 amide bonds. The molecule has 0 aliphatic heterocycles. The molecule has 1 aliphatic carbocycles. The van der Waals surface area contributed by atoms with Gasteiger partial charge in [0.25, 0.3) is 9.84 Å².